The number of nitrogens with one attached hydrogen (secondary N) is 4. The van der Waals surface area contributed by atoms with Crippen molar-refractivity contribution in [1.82, 2.24) is 21.3 Å². The Kier molecular flexibility index (Phi) is 16.1. The van der Waals surface area contributed by atoms with Gasteiger partial charge in [-0.3, -0.25) is 9.59 Å². The molecule has 0 saturated carbocycles. The molecule has 10 heteroatoms. The van der Waals surface area contributed by atoms with Gasteiger partial charge in [0.05, 0.1) is 25.3 Å². The molecule has 3 aliphatic rings. The van der Waals surface area contributed by atoms with Gasteiger partial charge in [0.15, 0.2) is 0 Å². The Bertz CT molecular complexity index is 2250. The van der Waals surface area contributed by atoms with Crippen LogP contribution in [0.4, 0.5) is 0 Å². The summed E-state index contributed by atoms with van der Waals surface area (Å²) in [6.07, 6.45) is 6.61. The molecule has 0 radical (unpaired) electrons. The number of carbonyl (C=O) groups is 2. The van der Waals surface area contributed by atoms with E-state index in [1.807, 2.05) is 0 Å². The minimum Gasteiger partial charge on any atom is -0.507 e. The molecule has 4 aromatic rings. The summed E-state index contributed by atoms with van der Waals surface area (Å²) in [5, 5.41) is 38.2. The highest BCUT2D eigenvalue weighted by Crippen LogP contribution is 2.44. The molecule has 10 nitrogen and oxygen atoms in total. The highest BCUT2D eigenvalue weighted by molar-refractivity contribution is 5.82. The molecule has 0 aromatic heterocycles. The summed E-state index contributed by atoms with van der Waals surface area (Å²) in [5.41, 5.74) is 10.7. The molecule has 2 aliphatic heterocycles. The van der Waals surface area contributed by atoms with E-state index in [1.165, 1.54) is 0 Å². The summed E-state index contributed by atoms with van der Waals surface area (Å²) in [6.45, 7) is 30.1. The third-order valence-electron chi connectivity index (χ3n) is 14.5. The Balaban J connectivity index is 1.38. The highest BCUT2D eigenvalue weighted by Gasteiger charge is 2.29. The van der Waals surface area contributed by atoms with Gasteiger partial charge in [-0.1, -0.05) is 132 Å². The Morgan fingerprint density at radius 1 is 0.486 bits per heavy atom. The van der Waals surface area contributed by atoms with Gasteiger partial charge in [0.25, 0.3) is 0 Å². The van der Waals surface area contributed by atoms with Gasteiger partial charge < -0.3 is 41.0 Å². The van der Waals surface area contributed by atoms with Crippen molar-refractivity contribution in [2.24, 2.45) is 0 Å². The van der Waals surface area contributed by atoms with Crippen molar-refractivity contribution in [2.75, 3.05) is 39.4 Å². The number of phenols is 2. The Hall–Kier alpha value is -5.06. The maximum absolute atomic E-state index is 12.9. The van der Waals surface area contributed by atoms with Crippen molar-refractivity contribution in [3.05, 3.63) is 115 Å². The molecule has 4 aromatic carbocycles. The summed E-state index contributed by atoms with van der Waals surface area (Å²) in [6, 6.07) is 17.3. The van der Waals surface area contributed by atoms with Crippen LogP contribution in [0.3, 0.4) is 0 Å². The molecule has 0 unspecified atom stereocenters. The maximum Gasteiger partial charge on any atom is 0.237 e. The monoisotopic (exact) mass is 957 g/mol. The zero-order chi connectivity index (χ0) is 50.8. The first-order chi connectivity index (χ1) is 32.9. The van der Waals surface area contributed by atoms with E-state index in [9.17, 15) is 19.8 Å². The molecular formula is C60H84N4O6. The molecular weight excluding hydrogens is 873 g/mol. The summed E-state index contributed by atoms with van der Waals surface area (Å²) >= 11 is 0. The van der Waals surface area contributed by atoms with Crippen LogP contribution < -0.4 is 30.7 Å². The zero-order valence-electron chi connectivity index (χ0n) is 44.6. The molecule has 2 atom stereocenters. The average molecular weight is 957 g/mol. The quantitative estimate of drug-likeness (QED) is 0.0680. The Morgan fingerprint density at radius 3 is 1.00 bits per heavy atom. The predicted molar refractivity (Wildman–Crippen MR) is 283 cm³/mol. The van der Waals surface area contributed by atoms with E-state index in [2.05, 4.69) is 153 Å². The number of fused-ring (bicyclic) bond motifs is 8. The molecule has 6 N–H and O–H groups in total. The highest BCUT2D eigenvalue weighted by atomic mass is 16.5. The van der Waals surface area contributed by atoms with Crippen LogP contribution in [0.5, 0.6) is 23.0 Å². The van der Waals surface area contributed by atoms with Crippen LogP contribution in [-0.4, -0.2) is 73.5 Å². The number of rotatable bonds is 12. The van der Waals surface area contributed by atoms with Crippen LogP contribution in [0.2, 0.25) is 0 Å². The van der Waals surface area contributed by atoms with Crippen molar-refractivity contribution in [1.29, 1.82) is 0 Å². The van der Waals surface area contributed by atoms with Gasteiger partial charge >= 0.3 is 0 Å². The molecule has 8 bridgehead atoms. The minimum atomic E-state index is -0.227. The predicted octanol–water partition coefficient (Wildman–Crippen LogP) is 10.2. The summed E-state index contributed by atoms with van der Waals surface area (Å²) < 4.78 is 13.8. The second kappa shape index (κ2) is 21.3. The van der Waals surface area contributed by atoms with E-state index in [0.29, 0.717) is 64.8 Å². The molecule has 380 valence electrons. The van der Waals surface area contributed by atoms with E-state index < -0.39 is 0 Å². The van der Waals surface area contributed by atoms with Gasteiger partial charge in [0, 0.05) is 38.8 Å². The second-order valence-corrected chi connectivity index (χ2v) is 24.5. The fourth-order valence-electron chi connectivity index (χ4n) is 10.00. The van der Waals surface area contributed by atoms with E-state index in [1.54, 1.807) is 0 Å². The Morgan fingerprint density at radius 2 is 0.757 bits per heavy atom. The van der Waals surface area contributed by atoms with Crippen molar-refractivity contribution < 1.29 is 29.3 Å². The first-order valence-electron chi connectivity index (χ1n) is 26.2. The standard InChI is InChI=1S/C60H84N4O6/c1-57(2,3)45-29-37-25-41-33-47(59(7,8)9)35-43(53(41)69-23-15-21-63-55(67)49-17-13-19-61-49)27-39-31-46(58(4,5)6)32-40(52(39)66)28-44-36-48(60(10,11)12)34-42(26-38(30-45)51(37)65)54(44)70-24-16-22-64-56(68)50-18-14-20-62-50/h29-36,49-50,61-62,65-66H,13-28H2,1-12H3,(H,63,67)(H,64,68)/t49-,50-/m0/s1. The Labute approximate surface area is 419 Å². The van der Waals surface area contributed by atoms with E-state index in [4.69, 9.17) is 9.47 Å². The number of ether oxygens (including phenoxy) is 2. The van der Waals surface area contributed by atoms with E-state index >= 15 is 0 Å². The van der Waals surface area contributed by atoms with Gasteiger partial charge in [-0.05, 0) is 140 Å². The molecule has 70 heavy (non-hydrogen) atoms. The largest absolute Gasteiger partial charge is 0.507 e. The molecule has 0 spiro atoms. The first kappa shape index (κ1) is 52.8. The second-order valence-electron chi connectivity index (χ2n) is 24.5. The third kappa shape index (κ3) is 12.9. The lowest BCUT2D eigenvalue weighted by atomic mass is 9.79. The van der Waals surface area contributed by atoms with Gasteiger partial charge in [0.1, 0.15) is 23.0 Å². The molecule has 7 rings (SSSR count). The zero-order valence-corrected chi connectivity index (χ0v) is 44.6. The number of carbonyl (C=O) groups excluding carboxylic acids is 2. The fraction of sp³-hybridized carbons (Fsp3) is 0.567. The number of hydrogen-bond donors (Lipinski definition) is 6. The smallest absolute Gasteiger partial charge is 0.237 e. The van der Waals surface area contributed by atoms with Crippen LogP contribution in [0.15, 0.2) is 48.5 Å². The lowest BCUT2D eigenvalue weighted by molar-refractivity contribution is -0.123. The van der Waals surface area contributed by atoms with Crippen LogP contribution in [0.25, 0.3) is 0 Å². The summed E-state index contributed by atoms with van der Waals surface area (Å²) in [5.74, 6) is 2.08. The van der Waals surface area contributed by atoms with Crippen LogP contribution in [0, 0.1) is 0 Å². The van der Waals surface area contributed by atoms with Gasteiger partial charge in [-0.25, -0.2) is 0 Å². The minimum absolute atomic E-state index is 0.0359. The number of phenolic OH excluding ortho intramolecular Hbond substituents is 2. The number of amides is 2. The number of hydrogen-bond acceptors (Lipinski definition) is 8. The number of benzene rings is 4. The van der Waals surface area contributed by atoms with Crippen molar-refractivity contribution in [3.8, 4) is 23.0 Å². The fourth-order valence-corrected chi connectivity index (χ4v) is 10.00. The van der Waals surface area contributed by atoms with Gasteiger partial charge in [-0.15, -0.1) is 0 Å². The topological polar surface area (TPSA) is 141 Å². The normalized spacial score (nSPS) is 17.6. The average Bonchev–Trinajstić information content (AvgIpc) is 4.02. The van der Waals surface area contributed by atoms with Crippen molar-refractivity contribution in [3.63, 3.8) is 0 Å². The van der Waals surface area contributed by atoms with Crippen LogP contribution in [-0.2, 0) is 56.9 Å². The molecule has 1 aliphatic carbocycles. The SMILES string of the molecule is CC(C)(C)c1cc2c(O)c(c1)Cc1cc(C(C)(C)C)cc(c1OCCCNC(=O)[C@@H]1CCCN1)Cc1cc(C(C)(C)C)cc(c1O)Cc1cc(C(C)(C)C)cc(c1OCCCNC(=O)[C@@H]1CCCN1)C2. The van der Waals surface area contributed by atoms with E-state index in [0.717, 1.165) is 117 Å². The molecule has 2 saturated heterocycles. The molecule has 2 amide bonds. The van der Waals surface area contributed by atoms with Gasteiger partial charge in [0.2, 0.25) is 11.8 Å². The lowest BCUT2D eigenvalue weighted by Crippen LogP contribution is -2.40. The molecule has 2 fully saturated rings. The lowest BCUT2D eigenvalue weighted by Gasteiger charge is -2.28. The first-order valence-corrected chi connectivity index (χ1v) is 26.2. The maximum atomic E-state index is 12.9. The van der Waals surface area contributed by atoms with Gasteiger partial charge in [-0.2, -0.15) is 0 Å². The summed E-state index contributed by atoms with van der Waals surface area (Å²) in [4.78, 5) is 25.8. The van der Waals surface area contributed by atoms with Crippen LogP contribution >= 0.6 is 0 Å². The third-order valence-corrected chi connectivity index (χ3v) is 14.5. The van der Waals surface area contributed by atoms with Crippen molar-refractivity contribution in [2.45, 2.75) is 181 Å². The number of aromatic hydroxyl groups is 2. The van der Waals surface area contributed by atoms with Crippen molar-refractivity contribution >= 4 is 11.8 Å². The summed E-state index contributed by atoms with van der Waals surface area (Å²) in [7, 11) is 0. The van der Waals surface area contributed by atoms with Crippen LogP contribution in [0.1, 0.15) is 188 Å². The molecule has 2 heterocycles. The van der Waals surface area contributed by atoms with E-state index in [-0.39, 0.29) is 57.1 Å².